The SMILES string of the molecule is Cc1noc(COc2cccnc2Br)n1. The predicted octanol–water partition coefficient (Wildman–Crippen LogP) is 2.11. The fourth-order valence-electron chi connectivity index (χ4n) is 1.02. The minimum atomic E-state index is 0.241. The van der Waals surface area contributed by atoms with Gasteiger partial charge in [0.1, 0.15) is 4.60 Å². The summed E-state index contributed by atoms with van der Waals surface area (Å²) in [7, 11) is 0. The molecule has 2 aromatic rings. The first kappa shape index (κ1) is 10.1. The average molecular weight is 270 g/mol. The van der Waals surface area contributed by atoms with Crippen molar-refractivity contribution in [2.24, 2.45) is 0 Å². The molecule has 0 N–H and O–H groups in total. The van der Waals surface area contributed by atoms with Crippen molar-refractivity contribution in [3.63, 3.8) is 0 Å². The normalized spacial score (nSPS) is 10.3. The van der Waals surface area contributed by atoms with Crippen LogP contribution in [0.25, 0.3) is 0 Å². The summed E-state index contributed by atoms with van der Waals surface area (Å²) < 4.78 is 11.0. The molecule has 2 heterocycles. The van der Waals surface area contributed by atoms with E-state index >= 15 is 0 Å². The minimum absolute atomic E-state index is 0.241. The lowest BCUT2D eigenvalue weighted by molar-refractivity contribution is 0.240. The highest BCUT2D eigenvalue weighted by Gasteiger charge is 2.05. The van der Waals surface area contributed by atoms with Crippen molar-refractivity contribution < 1.29 is 9.26 Å². The van der Waals surface area contributed by atoms with Gasteiger partial charge in [0, 0.05) is 6.20 Å². The molecule has 0 saturated carbocycles. The van der Waals surface area contributed by atoms with Crippen LogP contribution in [0.5, 0.6) is 5.75 Å². The highest BCUT2D eigenvalue weighted by atomic mass is 79.9. The van der Waals surface area contributed by atoms with Crippen molar-refractivity contribution in [3.05, 3.63) is 34.6 Å². The van der Waals surface area contributed by atoms with Gasteiger partial charge >= 0.3 is 0 Å². The van der Waals surface area contributed by atoms with Crippen LogP contribution in [0.15, 0.2) is 27.5 Å². The molecule has 0 atom stereocenters. The molecular weight excluding hydrogens is 262 g/mol. The Morgan fingerprint density at radius 3 is 3.07 bits per heavy atom. The molecule has 0 aliphatic carbocycles. The van der Waals surface area contributed by atoms with Crippen LogP contribution in [-0.2, 0) is 6.61 Å². The molecule has 5 nitrogen and oxygen atoms in total. The maximum Gasteiger partial charge on any atom is 0.264 e. The standard InChI is InChI=1S/C9H8BrN3O2/c1-6-12-8(15-13-6)5-14-7-3-2-4-11-9(7)10/h2-4H,5H2,1H3. The molecule has 0 unspecified atom stereocenters. The Labute approximate surface area is 94.6 Å². The molecule has 0 radical (unpaired) electrons. The lowest BCUT2D eigenvalue weighted by atomic mass is 10.5. The lowest BCUT2D eigenvalue weighted by Crippen LogP contribution is -1.96. The largest absolute Gasteiger partial charge is 0.481 e. The van der Waals surface area contributed by atoms with Crippen molar-refractivity contribution in [1.29, 1.82) is 0 Å². The monoisotopic (exact) mass is 269 g/mol. The van der Waals surface area contributed by atoms with Crippen molar-refractivity contribution in [3.8, 4) is 5.75 Å². The summed E-state index contributed by atoms with van der Waals surface area (Å²) in [5, 5.41) is 3.66. The molecule has 2 rings (SSSR count). The molecule has 2 aromatic heterocycles. The second kappa shape index (κ2) is 4.39. The number of hydrogen-bond acceptors (Lipinski definition) is 5. The van der Waals surface area contributed by atoms with E-state index in [1.165, 1.54) is 0 Å². The maximum atomic E-state index is 5.43. The summed E-state index contributed by atoms with van der Waals surface area (Å²) in [6.07, 6.45) is 1.67. The number of ether oxygens (including phenoxy) is 1. The van der Waals surface area contributed by atoms with Gasteiger partial charge in [-0.25, -0.2) is 4.98 Å². The van der Waals surface area contributed by atoms with E-state index in [-0.39, 0.29) is 6.61 Å². The summed E-state index contributed by atoms with van der Waals surface area (Å²) in [4.78, 5) is 8.04. The molecular formula is C9H8BrN3O2. The van der Waals surface area contributed by atoms with Gasteiger partial charge < -0.3 is 9.26 Å². The van der Waals surface area contributed by atoms with Gasteiger partial charge in [0.25, 0.3) is 5.89 Å². The van der Waals surface area contributed by atoms with Gasteiger partial charge in [-0.15, -0.1) is 0 Å². The van der Waals surface area contributed by atoms with E-state index < -0.39 is 0 Å². The fourth-order valence-corrected chi connectivity index (χ4v) is 1.38. The number of nitrogens with zero attached hydrogens (tertiary/aromatic N) is 3. The fraction of sp³-hybridized carbons (Fsp3) is 0.222. The average Bonchev–Trinajstić information content (AvgIpc) is 2.63. The minimum Gasteiger partial charge on any atom is -0.481 e. The number of aryl methyl sites for hydroxylation is 1. The van der Waals surface area contributed by atoms with Gasteiger partial charge in [-0.1, -0.05) is 5.16 Å². The van der Waals surface area contributed by atoms with Gasteiger partial charge in [-0.2, -0.15) is 4.98 Å². The molecule has 0 saturated heterocycles. The first-order chi connectivity index (χ1) is 7.25. The highest BCUT2D eigenvalue weighted by molar-refractivity contribution is 9.10. The predicted molar refractivity (Wildman–Crippen MR) is 55.3 cm³/mol. The summed E-state index contributed by atoms with van der Waals surface area (Å²) in [6.45, 7) is 2.00. The van der Waals surface area contributed by atoms with E-state index in [1.54, 1.807) is 25.3 Å². The van der Waals surface area contributed by atoms with E-state index in [4.69, 9.17) is 9.26 Å². The molecule has 0 amide bonds. The summed E-state index contributed by atoms with van der Waals surface area (Å²) in [6, 6.07) is 3.60. The Balaban J connectivity index is 2.02. The molecule has 0 aromatic carbocycles. The van der Waals surface area contributed by atoms with Crippen LogP contribution in [0.1, 0.15) is 11.7 Å². The lowest BCUT2D eigenvalue weighted by Gasteiger charge is -2.03. The summed E-state index contributed by atoms with van der Waals surface area (Å²) in [5.74, 6) is 1.69. The third-order valence-electron chi connectivity index (χ3n) is 1.65. The number of pyridine rings is 1. The van der Waals surface area contributed by atoms with Crippen LogP contribution in [-0.4, -0.2) is 15.1 Å². The molecule has 78 valence electrons. The molecule has 6 heteroatoms. The zero-order chi connectivity index (χ0) is 10.7. The van der Waals surface area contributed by atoms with E-state index in [0.717, 1.165) is 0 Å². The van der Waals surface area contributed by atoms with Crippen molar-refractivity contribution in [2.45, 2.75) is 13.5 Å². The Kier molecular flexibility index (Phi) is 2.96. The summed E-state index contributed by atoms with van der Waals surface area (Å²) in [5.41, 5.74) is 0. The van der Waals surface area contributed by atoms with E-state index in [9.17, 15) is 0 Å². The van der Waals surface area contributed by atoms with Crippen LogP contribution in [0.4, 0.5) is 0 Å². The second-order valence-corrected chi connectivity index (χ2v) is 3.57. The van der Waals surface area contributed by atoms with Crippen LogP contribution < -0.4 is 4.74 Å². The topological polar surface area (TPSA) is 61.0 Å². The summed E-state index contributed by atoms with van der Waals surface area (Å²) >= 11 is 3.27. The van der Waals surface area contributed by atoms with Crippen molar-refractivity contribution >= 4 is 15.9 Å². The molecule has 0 aliphatic rings. The number of hydrogen-bond donors (Lipinski definition) is 0. The Bertz CT molecular complexity index is 458. The van der Waals surface area contributed by atoms with Gasteiger partial charge in [0.2, 0.25) is 0 Å². The maximum absolute atomic E-state index is 5.43. The first-order valence-corrected chi connectivity index (χ1v) is 5.07. The van der Waals surface area contributed by atoms with Gasteiger partial charge in [0.15, 0.2) is 18.2 Å². The van der Waals surface area contributed by atoms with Gasteiger partial charge in [0.05, 0.1) is 0 Å². The third-order valence-corrected chi connectivity index (χ3v) is 2.24. The Morgan fingerprint density at radius 2 is 2.40 bits per heavy atom. The highest BCUT2D eigenvalue weighted by Crippen LogP contribution is 2.21. The van der Waals surface area contributed by atoms with E-state index in [0.29, 0.717) is 22.1 Å². The van der Waals surface area contributed by atoms with Crippen LogP contribution >= 0.6 is 15.9 Å². The van der Waals surface area contributed by atoms with Gasteiger partial charge in [-0.3, -0.25) is 0 Å². The van der Waals surface area contributed by atoms with E-state index in [1.807, 2.05) is 0 Å². The van der Waals surface area contributed by atoms with Crippen molar-refractivity contribution in [2.75, 3.05) is 0 Å². The molecule has 0 aliphatic heterocycles. The van der Waals surface area contributed by atoms with E-state index in [2.05, 4.69) is 31.1 Å². The number of rotatable bonds is 3. The zero-order valence-electron chi connectivity index (χ0n) is 7.98. The Morgan fingerprint density at radius 1 is 1.53 bits per heavy atom. The molecule has 0 spiro atoms. The van der Waals surface area contributed by atoms with Crippen LogP contribution in [0.2, 0.25) is 0 Å². The number of aromatic nitrogens is 3. The van der Waals surface area contributed by atoms with Crippen molar-refractivity contribution in [1.82, 2.24) is 15.1 Å². The molecule has 0 fully saturated rings. The smallest absolute Gasteiger partial charge is 0.264 e. The molecule has 15 heavy (non-hydrogen) atoms. The third kappa shape index (κ3) is 2.53. The zero-order valence-corrected chi connectivity index (χ0v) is 9.56. The first-order valence-electron chi connectivity index (χ1n) is 4.28. The Hall–Kier alpha value is -1.43. The molecule has 0 bridgehead atoms. The quantitative estimate of drug-likeness (QED) is 0.799. The van der Waals surface area contributed by atoms with Crippen LogP contribution in [0, 0.1) is 6.92 Å². The van der Waals surface area contributed by atoms with Crippen LogP contribution in [0.3, 0.4) is 0 Å². The second-order valence-electron chi connectivity index (χ2n) is 2.82. The number of halogens is 1. The van der Waals surface area contributed by atoms with Gasteiger partial charge in [-0.05, 0) is 35.0 Å².